The number of thiophene rings is 1. The molecule has 106 valence electrons. The zero-order valence-electron chi connectivity index (χ0n) is 10.4. The summed E-state index contributed by atoms with van der Waals surface area (Å²) >= 11 is 9.39. The van der Waals surface area contributed by atoms with E-state index in [9.17, 15) is 4.79 Å². The van der Waals surface area contributed by atoms with Crippen molar-refractivity contribution in [2.45, 2.75) is 10.6 Å². The number of amides is 2. The molecular weight excluding hydrogens is 316 g/mol. The Morgan fingerprint density at radius 3 is 2.85 bits per heavy atom. The van der Waals surface area contributed by atoms with Gasteiger partial charge in [0, 0.05) is 10.6 Å². The predicted octanol–water partition coefficient (Wildman–Crippen LogP) is 2.96. The van der Waals surface area contributed by atoms with E-state index in [1.54, 1.807) is 29.5 Å². The molecule has 0 spiro atoms. The van der Waals surface area contributed by atoms with Crippen molar-refractivity contribution in [1.29, 1.82) is 0 Å². The molecule has 2 amide bonds. The average Bonchev–Trinajstić information content (AvgIpc) is 2.97. The van der Waals surface area contributed by atoms with Crippen LogP contribution in [0.3, 0.4) is 0 Å². The zero-order chi connectivity index (χ0) is 14.5. The Bertz CT molecular complexity index is 591. The van der Waals surface area contributed by atoms with Crippen LogP contribution in [0.2, 0.25) is 5.02 Å². The van der Waals surface area contributed by atoms with Crippen molar-refractivity contribution < 1.29 is 4.79 Å². The highest BCUT2D eigenvalue weighted by Crippen LogP contribution is 2.37. The Kier molecular flexibility index (Phi) is 5.27. The van der Waals surface area contributed by atoms with Crippen molar-refractivity contribution in [2.24, 2.45) is 11.7 Å². The molecule has 1 heterocycles. The number of carbonyl (C=O) groups is 1. The SMILES string of the molecule is NNC(=O)N(N)c1cccc(Cl)c1SCc1cccs1. The summed E-state index contributed by atoms with van der Waals surface area (Å²) < 4.78 is 0. The zero-order valence-corrected chi connectivity index (χ0v) is 12.8. The summed E-state index contributed by atoms with van der Waals surface area (Å²) in [6.45, 7) is 0. The maximum Gasteiger partial charge on any atom is 0.350 e. The fourth-order valence-electron chi connectivity index (χ4n) is 1.55. The number of hydrazine groups is 2. The summed E-state index contributed by atoms with van der Waals surface area (Å²) in [5.74, 6) is 11.6. The van der Waals surface area contributed by atoms with Crippen LogP contribution in [-0.4, -0.2) is 6.03 Å². The molecular formula is C12H13ClN4OS2. The third-order valence-corrected chi connectivity index (χ3v) is 5.15. The highest BCUT2D eigenvalue weighted by Gasteiger charge is 2.17. The average molecular weight is 329 g/mol. The summed E-state index contributed by atoms with van der Waals surface area (Å²) in [4.78, 5) is 13.5. The fraction of sp³-hybridized carbons (Fsp3) is 0.0833. The summed E-state index contributed by atoms with van der Waals surface area (Å²) in [6, 6.07) is 8.64. The first-order valence-electron chi connectivity index (χ1n) is 5.62. The molecule has 0 saturated heterocycles. The lowest BCUT2D eigenvalue weighted by atomic mass is 10.3. The molecule has 5 N–H and O–H groups in total. The summed E-state index contributed by atoms with van der Waals surface area (Å²) in [6.07, 6.45) is 0. The predicted molar refractivity (Wildman–Crippen MR) is 84.7 cm³/mol. The number of hydrogen-bond donors (Lipinski definition) is 3. The first-order valence-corrected chi connectivity index (χ1v) is 7.87. The highest BCUT2D eigenvalue weighted by molar-refractivity contribution is 7.99. The molecule has 1 aromatic heterocycles. The number of carbonyl (C=O) groups excluding carboxylic acids is 1. The van der Waals surface area contributed by atoms with Gasteiger partial charge in [-0.05, 0) is 23.6 Å². The molecule has 1 aromatic carbocycles. The Morgan fingerprint density at radius 2 is 2.20 bits per heavy atom. The summed E-state index contributed by atoms with van der Waals surface area (Å²) in [7, 11) is 0. The molecule has 0 aliphatic carbocycles. The molecule has 0 aliphatic rings. The molecule has 0 bridgehead atoms. The number of nitrogens with two attached hydrogens (primary N) is 2. The van der Waals surface area contributed by atoms with Crippen LogP contribution in [0.1, 0.15) is 4.88 Å². The third-order valence-electron chi connectivity index (χ3n) is 2.49. The second kappa shape index (κ2) is 6.96. The van der Waals surface area contributed by atoms with E-state index in [1.165, 1.54) is 16.6 Å². The van der Waals surface area contributed by atoms with Crippen LogP contribution in [-0.2, 0) is 5.75 Å². The quantitative estimate of drug-likeness (QED) is 0.349. The third kappa shape index (κ3) is 3.44. The number of nitrogens with one attached hydrogen (secondary N) is 1. The highest BCUT2D eigenvalue weighted by atomic mass is 35.5. The van der Waals surface area contributed by atoms with Gasteiger partial charge in [0.2, 0.25) is 0 Å². The molecule has 0 radical (unpaired) electrons. The van der Waals surface area contributed by atoms with Gasteiger partial charge in [-0.15, -0.1) is 23.1 Å². The van der Waals surface area contributed by atoms with Gasteiger partial charge in [-0.1, -0.05) is 23.7 Å². The number of urea groups is 1. The number of halogens is 1. The van der Waals surface area contributed by atoms with Crippen molar-refractivity contribution in [3.8, 4) is 0 Å². The lowest BCUT2D eigenvalue weighted by Gasteiger charge is -2.19. The first-order chi connectivity index (χ1) is 9.63. The standard InChI is InChI=1S/C12H13ClN4OS2/c13-9-4-1-5-10(17(15)12(18)16-14)11(9)20-7-8-3-2-6-19-8/h1-6H,7,14-15H2,(H,16,18). The number of benzene rings is 1. The normalized spacial score (nSPS) is 10.3. The minimum absolute atomic E-state index is 0.516. The molecule has 5 nitrogen and oxygen atoms in total. The van der Waals surface area contributed by atoms with E-state index >= 15 is 0 Å². The van der Waals surface area contributed by atoms with Crippen LogP contribution < -0.4 is 22.1 Å². The minimum atomic E-state index is -0.606. The monoisotopic (exact) mass is 328 g/mol. The van der Waals surface area contributed by atoms with Gasteiger partial charge in [-0.25, -0.2) is 21.5 Å². The van der Waals surface area contributed by atoms with Crippen molar-refractivity contribution in [3.63, 3.8) is 0 Å². The maximum atomic E-state index is 11.5. The van der Waals surface area contributed by atoms with E-state index in [0.29, 0.717) is 10.7 Å². The molecule has 0 fully saturated rings. The number of anilines is 1. The van der Waals surface area contributed by atoms with Crippen LogP contribution in [0, 0.1) is 0 Å². The minimum Gasteiger partial charge on any atom is -0.274 e. The van der Waals surface area contributed by atoms with Gasteiger partial charge in [-0.3, -0.25) is 5.43 Å². The number of nitrogens with zero attached hydrogens (tertiary/aromatic N) is 1. The molecule has 0 atom stereocenters. The van der Waals surface area contributed by atoms with E-state index < -0.39 is 6.03 Å². The van der Waals surface area contributed by atoms with Crippen LogP contribution in [0.25, 0.3) is 0 Å². The Hall–Kier alpha value is -1.25. The van der Waals surface area contributed by atoms with Crippen molar-refractivity contribution in [2.75, 3.05) is 5.01 Å². The van der Waals surface area contributed by atoms with E-state index in [4.69, 9.17) is 23.3 Å². The second-order valence-corrected chi connectivity index (χ2v) is 6.20. The van der Waals surface area contributed by atoms with E-state index in [1.807, 2.05) is 22.9 Å². The molecule has 2 rings (SSSR count). The smallest absolute Gasteiger partial charge is 0.274 e. The topological polar surface area (TPSA) is 84.4 Å². The number of hydrogen-bond acceptors (Lipinski definition) is 5. The molecule has 0 saturated carbocycles. The number of rotatable bonds is 4. The lowest BCUT2D eigenvalue weighted by molar-refractivity contribution is 0.246. The van der Waals surface area contributed by atoms with Gasteiger partial charge in [-0.2, -0.15) is 0 Å². The fourth-order valence-corrected chi connectivity index (χ4v) is 3.72. The van der Waals surface area contributed by atoms with E-state index in [2.05, 4.69) is 0 Å². The largest absolute Gasteiger partial charge is 0.350 e. The Morgan fingerprint density at radius 1 is 1.40 bits per heavy atom. The van der Waals surface area contributed by atoms with Gasteiger partial charge in [0.25, 0.3) is 0 Å². The second-order valence-electron chi connectivity index (χ2n) is 3.78. The van der Waals surface area contributed by atoms with Gasteiger partial charge < -0.3 is 0 Å². The van der Waals surface area contributed by atoms with Crippen LogP contribution in [0.15, 0.2) is 40.6 Å². The first kappa shape index (κ1) is 15.1. The van der Waals surface area contributed by atoms with Gasteiger partial charge in [0.15, 0.2) is 0 Å². The molecule has 2 aromatic rings. The number of thioether (sulfide) groups is 1. The van der Waals surface area contributed by atoms with Gasteiger partial charge in [0.05, 0.1) is 15.6 Å². The Balaban J connectivity index is 2.24. The summed E-state index contributed by atoms with van der Waals surface area (Å²) in [5.41, 5.74) is 2.51. The molecule has 8 heteroatoms. The van der Waals surface area contributed by atoms with Crippen molar-refractivity contribution in [1.82, 2.24) is 5.43 Å². The molecule has 0 aliphatic heterocycles. The van der Waals surface area contributed by atoms with Crippen LogP contribution in [0.5, 0.6) is 0 Å². The van der Waals surface area contributed by atoms with Gasteiger partial charge in [0.1, 0.15) is 0 Å². The lowest BCUT2D eigenvalue weighted by Crippen LogP contribution is -2.47. The van der Waals surface area contributed by atoms with Crippen molar-refractivity contribution >= 4 is 46.4 Å². The van der Waals surface area contributed by atoms with E-state index in [-0.39, 0.29) is 0 Å². The summed E-state index contributed by atoms with van der Waals surface area (Å²) in [5, 5.41) is 3.51. The maximum absolute atomic E-state index is 11.5. The van der Waals surface area contributed by atoms with E-state index in [0.717, 1.165) is 15.7 Å². The molecule has 20 heavy (non-hydrogen) atoms. The van der Waals surface area contributed by atoms with Gasteiger partial charge >= 0.3 is 6.03 Å². The van der Waals surface area contributed by atoms with Crippen molar-refractivity contribution in [3.05, 3.63) is 45.6 Å². The van der Waals surface area contributed by atoms with Crippen LogP contribution >= 0.6 is 34.7 Å². The van der Waals surface area contributed by atoms with Crippen LogP contribution in [0.4, 0.5) is 10.5 Å². The molecule has 0 unspecified atom stereocenters. The Labute approximate surface area is 129 Å².